The van der Waals surface area contributed by atoms with Crippen molar-refractivity contribution in [3.63, 3.8) is 0 Å². The van der Waals surface area contributed by atoms with Crippen LogP contribution >= 0.6 is 15.9 Å². The van der Waals surface area contributed by atoms with Gasteiger partial charge in [0.2, 0.25) is 0 Å². The van der Waals surface area contributed by atoms with Crippen molar-refractivity contribution in [2.75, 3.05) is 13.6 Å². The highest BCUT2D eigenvalue weighted by Gasteiger charge is 2.17. The van der Waals surface area contributed by atoms with Gasteiger partial charge in [0, 0.05) is 41.6 Å². The SMILES string of the molecule is Cc1occc1CN(C)C(CN)c1cncc(Br)c1. The third kappa shape index (κ3) is 3.43. The first-order chi connectivity index (χ1) is 9.11. The fourth-order valence-corrected chi connectivity index (χ4v) is 2.52. The molecule has 5 heteroatoms. The molecule has 0 fully saturated rings. The van der Waals surface area contributed by atoms with Crippen LogP contribution in [0.2, 0.25) is 0 Å². The summed E-state index contributed by atoms with van der Waals surface area (Å²) in [5.74, 6) is 0.954. The summed E-state index contributed by atoms with van der Waals surface area (Å²) in [7, 11) is 2.06. The van der Waals surface area contributed by atoms with E-state index in [1.54, 1.807) is 12.5 Å². The Morgan fingerprint density at radius 3 is 2.84 bits per heavy atom. The molecule has 0 spiro atoms. The van der Waals surface area contributed by atoms with Crippen molar-refractivity contribution in [1.29, 1.82) is 0 Å². The van der Waals surface area contributed by atoms with Crippen molar-refractivity contribution in [1.82, 2.24) is 9.88 Å². The lowest BCUT2D eigenvalue weighted by molar-refractivity contribution is 0.240. The lowest BCUT2D eigenvalue weighted by atomic mass is 10.1. The van der Waals surface area contributed by atoms with Gasteiger partial charge in [0.1, 0.15) is 5.76 Å². The first-order valence-corrected chi connectivity index (χ1v) is 6.95. The Balaban J connectivity index is 2.15. The zero-order valence-electron chi connectivity index (χ0n) is 11.1. The van der Waals surface area contributed by atoms with Crippen LogP contribution < -0.4 is 5.73 Å². The molecule has 4 nitrogen and oxygen atoms in total. The second kappa shape index (κ2) is 6.32. The van der Waals surface area contributed by atoms with Crippen molar-refractivity contribution < 1.29 is 4.42 Å². The maximum absolute atomic E-state index is 5.91. The molecule has 1 unspecified atom stereocenters. The number of hydrogen-bond donors (Lipinski definition) is 1. The second-order valence-electron chi connectivity index (χ2n) is 4.61. The molecule has 0 saturated heterocycles. The molecule has 2 N–H and O–H groups in total. The normalized spacial score (nSPS) is 12.9. The number of hydrogen-bond acceptors (Lipinski definition) is 4. The highest BCUT2D eigenvalue weighted by atomic mass is 79.9. The van der Waals surface area contributed by atoms with Gasteiger partial charge in [0.25, 0.3) is 0 Å². The Bertz CT molecular complexity index is 541. The zero-order chi connectivity index (χ0) is 13.8. The molecule has 0 aliphatic heterocycles. The molecule has 0 aliphatic rings. The van der Waals surface area contributed by atoms with E-state index in [0.717, 1.165) is 22.3 Å². The van der Waals surface area contributed by atoms with E-state index in [1.165, 1.54) is 5.56 Å². The molecule has 0 aromatic carbocycles. The lowest BCUT2D eigenvalue weighted by Gasteiger charge is -2.27. The Kier molecular flexibility index (Phi) is 4.74. The van der Waals surface area contributed by atoms with Crippen molar-refractivity contribution in [3.05, 3.63) is 52.1 Å². The van der Waals surface area contributed by atoms with E-state index < -0.39 is 0 Å². The average molecular weight is 324 g/mol. The fourth-order valence-electron chi connectivity index (χ4n) is 2.14. The first kappa shape index (κ1) is 14.2. The summed E-state index contributed by atoms with van der Waals surface area (Å²) < 4.78 is 6.29. The van der Waals surface area contributed by atoms with Gasteiger partial charge in [-0.1, -0.05) is 0 Å². The van der Waals surface area contributed by atoms with Crippen LogP contribution in [0, 0.1) is 6.92 Å². The number of aryl methyl sites for hydroxylation is 1. The van der Waals surface area contributed by atoms with Crippen molar-refractivity contribution >= 4 is 15.9 Å². The van der Waals surface area contributed by atoms with Gasteiger partial charge in [-0.25, -0.2) is 0 Å². The Morgan fingerprint density at radius 1 is 1.47 bits per heavy atom. The van der Waals surface area contributed by atoms with E-state index in [0.29, 0.717) is 6.54 Å². The molecule has 0 saturated carbocycles. The third-order valence-electron chi connectivity index (χ3n) is 3.25. The van der Waals surface area contributed by atoms with Crippen molar-refractivity contribution in [2.24, 2.45) is 5.73 Å². The van der Waals surface area contributed by atoms with Crippen molar-refractivity contribution in [3.8, 4) is 0 Å². The summed E-state index contributed by atoms with van der Waals surface area (Å²) in [5.41, 5.74) is 8.21. The molecule has 2 rings (SSSR count). The minimum absolute atomic E-state index is 0.138. The van der Waals surface area contributed by atoms with Crippen LogP contribution in [0.1, 0.15) is 22.9 Å². The molecular weight excluding hydrogens is 306 g/mol. The number of likely N-dealkylation sites (N-methyl/N-ethyl adjacent to an activating group) is 1. The highest BCUT2D eigenvalue weighted by molar-refractivity contribution is 9.10. The Labute approximate surface area is 121 Å². The number of furan rings is 1. The molecule has 1 atom stereocenters. The van der Waals surface area contributed by atoms with Gasteiger partial charge in [-0.2, -0.15) is 0 Å². The number of rotatable bonds is 5. The number of pyridine rings is 1. The summed E-state index contributed by atoms with van der Waals surface area (Å²) in [6.45, 7) is 3.32. The maximum Gasteiger partial charge on any atom is 0.105 e. The van der Waals surface area contributed by atoms with Crippen LogP contribution in [-0.2, 0) is 6.54 Å². The molecule has 0 amide bonds. The molecule has 102 valence electrons. The average Bonchev–Trinajstić information content (AvgIpc) is 2.76. The topological polar surface area (TPSA) is 55.3 Å². The minimum atomic E-state index is 0.138. The molecule has 0 bridgehead atoms. The van der Waals surface area contributed by atoms with Gasteiger partial charge in [0.15, 0.2) is 0 Å². The monoisotopic (exact) mass is 323 g/mol. The predicted octanol–water partition coefficient (Wildman–Crippen LogP) is 2.88. The lowest BCUT2D eigenvalue weighted by Crippen LogP contribution is -2.30. The molecule has 2 aromatic heterocycles. The van der Waals surface area contributed by atoms with Crippen LogP contribution in [-0.4, -0.2) is 23.5 Å². The molecular formula is C14H18BrN3O. The highest BCUT2D eigenvalue weighted by Crippen LogP contribution is 2.23. The zero-order valence-corrected chi connectivity index (χ0v) is 12.7. The van der Waals surface area contributed by atoms with Crippen LogP contribution in [0.3, 0.4) is 0 Å². The molecule has 0 aliphatic carbocycles. The fraction of sp³-hybridized carbons (Fsp3) is 0.357. The van der Waals surface area contributed by atoms with Gasteiger partial charge in [-0.15, -0.1) is 0 Å². The predicted molar refractivity (Wildman–Crippen MR) is 78.6 cm³/mol. The molecule has 0 radical (unpaired) electrons. The van der Waals surface area contributed by atoms with E-state index >= 15 is 0 Å². The maximum atomic E-state index is 5.91. The van der Waals surface area contributed by atoms with Gasteiger partial charge in [-0.05, 0) is 47.6 Å². The summed E-state index contributed by atoms with van der Waals surface area (Å²) >= 11 is 3.44. The Morgan fingerprint density at radius 2 is 2.26 bits per heavy atom. The van der Waals surface area contributed by atoms with Crippen LogP contribution in [0.5, 0.6) is 0 Å². The molecule has 19 heavy (non-hydrogen) atoms. The van der Waals surface area contributed by atoms with Crippen LogP contribution in [0.15, 0.2) is 39.7 Å². The van der Waals surface area contributed by atoms with Gasteiger partial charge >= 0.3 is 0 Å². The van der Waals surface area contributed by atoms with Crippen LogP contribution in [0.4, 0.5) is 0 Å². The van der Waals surface area contributed by atoms with Crippen molar-refractivity contribution in [2.45, 2.75) is 19.5 Å². The summed E-state index contributed by atoms with van der Waals surface area (Å²) in [6.07, 6.45) is 5.36. The number of nitrogens with zero attached hydrogens (tertiary/aromatic N) is 2. The minimum Gasteiger partial charge on any atom is -0.469 e. The summed E-state index contributed by atoms with van der Waals surface area (Å²) in [5, 5.41) is 0. The molecule has 2 heterocycles. The van der Waals surface area contributed by atoms with E-state index in [-0.39, 0.29) is 6.04 Å². The van der Waals surface area contributed by atoms with Gasteiger partial charge in [0.05, 0.1) is 6.26 Å². The smallest absolute Gasteiger partial charge is 0.105 e. The van der Waals surface area contributed by atoms with E-state index in [9.17, 15) is 0 Å². The van der Waals surface area contributed by atoms with Crippen LogP contribution in [0.25, 0.3) is 0 Å². The Hall–Kier alpha value is -1.17. The third-order valence-corrected chi connectivity index (χ3v) is 3.69. The summed E-state index contributed by atoms with van der Waals surface area (Å²) in [4.78, 5) is 6.41. The second-order valence-corrected chi connectivity index (χ2v) is 5.52. The first-order valence-electron chi connectivity index (χ1n) is 6.15. The van der Waals surface area contributed by atoms with E-state index in [4.69, 9.17) is 10.2 Å². The largest absolute Gasteiger partial charge is 0.469 e. The number of halogens is 1. The van der Waals surface area contributed by atoms with Gasteiger partial charge < -0.3 is 10.2 Å². The standard InChI is InChI=1S/C14H18BrN3O/c1-10-11(3-4-19-10)9-18(2)14(6-16)12-5-13(15)8-17-7-12/h3-5,7-8,14H,6,9,16H2,1-2H3. The quantitative estimate of drug-likeness (QED) is 0.919. The molecule has 2 aromatic rings. The van der Waals surface area contributed by atoms with Gasteiger partial charge in [-0.3, -0.25) is 9.88 Å². The van der Waals surface area contributed by atoms with E-state index in [2.05, 4.69) is 38.9 Å². The number of nitrogens with two attached hydrogens (primary N) is 1. The van der Waals surface area contributed by atoms with E-state index in [1.807, 2.05) is 19.2 Å². The summed E-state index contributed by atoms with van der Waals surface area (Å²) in [6, 6.07) is 4.20. The number of aromatic nitrogens is 1.